The van der Waals surface area contributed by atoms with Gasteiger partial charge in [-0.3, -0.25) is 14.8 Å². The lowest BCUT2D eigenvalue weighted by atomic mass is 10.1. The number of nitrogens with one attached hydrogen (secondary N) is 1. The molecule has 2 aliphatic carbocycles. The zero-order chi connectivity index (χ0) is 19.4. The van der Waals surface area contributed by atoms with E-state index in [0.717, 1.165) is 35.9 Å². The summed E-state index contributed by atoms with van der Waals surface area (Å²) in [5, 5.41) is 7.21. The molecule has 5 rings (SSSR count). The molecule has 1 fully saturated rings. The molecule has 0 spiro atoms. The van der Waals surface area contributed by atoms with E-state index in [-0.39, 0.29) is 24.1 Å². The van der Waals surface area contributed by atoms with E-state index in [1.807, 2.05) is 6.92 Å². The maximum atomic E-state index is 14.3. The van der Waals surface area contributed by atoms with Crippen LogP contribution in [0.5, 0.6) is 0 Å². The van der Waals surface area contributed by atoms with Gasteiger partial charge in [0.15, 0.2) is 11.5 Å². The van der Waals surface area contributed by atoms with Gasteiger partial charge in [0.25, 0.3) is 5.91 Å². The Kier molecular flexibility index (Phi) is 3.75. The number of nitrogens with zero attached hydrogens (tertiary/aromatic N) is 4. The van der Waals surface area contributed by atoms with E-state index >= 15 is 0 Å². The first-order chi connectivity index (χ1) is 13.5. The second kappa shape index (κ2) is 6.19. The van der Waals surface area contributed by atoms with Crippen LogP contribution in [-0.2, 0) is 13.0 Å². The van der Waals surface area contributed by atoms with Crippen LogP contribution in [0.2, 0.25) is 0 Å². The molecule has 2 aliphatic rings. The first kappa shape index (κ1) is 17.0. The topological polar surface area (TPSA) is 72.7 Å². The summed E-state index contributed by atoms with van der Waals surface area (Å²) in [5.41, 5.74) is 3.63. The lowest BCUT2D eigenvalue weighted by Crippen LogP contribution is -2.25. The zero-order valence-corrected chi connectivity index (χ0v) is 15.1. The number of hydrogen-bond donors (Lipinski definition) is 1. The van der Waals surface area contributed by atoms with Crippen LogP contribution < -0.4 is 5.32 Å². The number of aromatic nitrogens is 4. The van der Waals surface area contributed by atoms with Gasteiger partial charge in [-0.05, 0) is 37.8 Å². The Labute approximate surface area is 159 Å². The van der Waals surface area contributed by atoms with Crippen LogP contribution in [0, 0.1) is 24.5 Å². The third-order valence-electron chi connectivity index (χ3n) is 5.38. The highest BCUT2D eigenvalue weighted by Gasteiger charge is 2.50. The third-order valence-corrected chi connectivity index (χ3v) is 5.38. The van der Waals surface area contributed by atoms with Crippen LogP contribution in [0.25, 0.3) is 5.69 Å². The number of hydrogen-bond acceptors (Lipinski definition) is 4. The molecule has 0 bridgehead atoms. The molecule has 8 heteroatoms. The number of amides is 1. The molecular formula is C20H17F2N5O. The number of halogens is 2. The Hall–Kier alpha value is -3.16. The van der Waals surface area contributed by atoms with Crippen molar-refractivity contribution >= 4 is 5.91 Å². The number of rotatable bonds is 4. The van der Waals surface area contributed by atoms with E-state index < -0.39 is 11.6 Å². The van der Waals surface area contributed by atoms with Crippen LogP contribution in [0.1, 0.15) is 45.5 Å². The number of benzene rings is 1. The molecule has 3 aromatic rings. The van der Waals surface area contributed by atoms with Gasteiger partial charge >= 0.3 is 0 Å². The monoisotopic (exact) mass is 381 g/mol. The molecule has 0 aliphatic heterocycles. The SMILES string of the molecule is Cc1cnc(CNC(=O)c2nn(-c3ccc(F)cc3F)c3c2C[C@H]2C[C@@H]32)cn1. The maximum absolute atomic E-state index is 14.3. The second-order valence-electron chi connectivity index (χ2n) is 7.36. The van der Waals surface area contributed by atoms with Crippen LogP contribution >= 0.6 is 0 Å². The summed E-state index contributed by atoms with van der Waals surface area (Å²) >= 11 is 0. The van der Waals surface area contributed by atoms with Gasteiger partial charge < -0.3 is 5.32 Å². The Morgan fingerprint density at radius 3 is 2.89 bits per heavy atom. The quantitative estimate of drug-likeness (QED) is 0.754. The van der Waals surface area contributed by atoms with Crippen molar-refractivity contribution in [3.63, 3.8) is 0 Å². The molecule has 1 N–H and O–H groups in total. The normalized spacial score (nSPS) is 19.2. The lowest BCUT2D eigenvalue weighted by molar-refractivity contribution is 0.0944. The van der Waals surface area contributed by atoms with Crippen molar-refractivity contribution in [3.8, 4) is 5.69 Å². The van der Waals surface area contributed by atoms with E-state index in [9.17, 15) is 13.6 Å². The Balaban J connectivity index is 1.46. The third kappa shape index (κ3) is 2.76. The van der Waals surface area contributed by atoms with E-state index in [2.05, 4.69) is 20.4 Å². The molecule has 2 atom stereocenters. The fraction of sp³-hybridized carbons (Fsp3) is 0.300. The summed E-state index contributed by atoms with van der Waals surface area (Å²) in [6.45, 7) is 2.07. The Bertz CT molecular complexity index is 1090. The number of aryl methyl sites for hydroxylation is 1. The highest BCUT2D eigenvalue weighted by Crippen LogP contribution is 2.57. The summed E-state index contributed by atoms with van der Waals surface area (Å²) in [4.78, 5) is 21.1. The van der Waals surface area contributed by atoms with Crippen molar-refractivity contribution in [2.75, 3.05) is 0 Å². The van der Waals surface area contributed by atoms with Gasteiger partial charge in [0, 0.05) is 23.7 Å². The summed E-state index contributed by atoms with van der Waals surface area (Å²) in [5.74, 6) is -0.905. The average molecular weight is 381 g/mol. The van der Waals surface area contributed by atoms with Gasteiger partial charge in [-0.1, -0.05) is 0 Å². The zero-order valence-electron chi connectivity index (χ0n) is 15.1. The van der Waals surface area contributed by atoms with Crippen LogP contribution in [0.4, 0.5) is 8.78 Å². The molecule has 0 unspecified atom stereocenters. The van der Waals surface area contributed by atoms with Crippen molar-refractivity contribution < 1.29 is 13.6 Å². The van der Waals surface area contributed by atoms with Crippen LogP contribution in [0.3, 0.4) is 0 Å². The van der Waals surface area contributed by atoms with Gasteiger partial charge in [0.2, 0.25) is 0 Å². The lowest BCUT2D eigenvalue weighted by Gasteiger charge is -2.07. The molecule has 1 aromatic carbocycles. The highest BCUT2D eigenvalue weighted by molar-refractivity contribution is 5.94. The number of fused-ring (bicyclic) bond motifs is 3. The Morgan fingerprint density at radius 1 is 1.29 bits per heavy atom. The minimum atomic E-state index is -0.698. The Morgan fingerprint density at radius 2 is 2.14 bits per heavy atom. The minimum absolute atomic E-state index is 0.161. The molecule has 0 radical (unpaired) electrons. The number of carbonyl (C=O) groups is 1. The predicted molar refractivity (Wildman–Crippen MR) is 96.0 cm³/mol. The van der Waals surface area contributed by atoms with Crippen LogP contribution in [0.15, 0.2) is 30.6 Å². The van der Waals surface area contributed by atoms with Crippen molar-refractivity contribution in [1.29, 1.82) is 0 Å². The van der Waals surface area contributed by atoms with Gasteiger partial charge in [0.05, 0.1) is 29.8 Å². The largest absolute Gasteiger partial charge is 0.345 e. The van der Waals surface area contributed by atoms with Crippen molar-refractivity contribution in [2.24, 2.45) is 5.92 Å². The standard InChI is InChI=1S/C20H17F2N5O/c1-10-7-24-13(8-23-10)9-25-20(28)18-15-5-11-4-14(11)19(15)27(26-18)17-3-2-12(21)6-16(17)22/h2-3,6-8,11,14H,4-5,9H2,1H3,(H,25,28)/t11-,14-/m1/s1. The van der Waals surface area contributed by atoms with E-state index in [0.29, 0.717) is 17.3 Å². The van der Waals surface area contributed by atoms with Gasteiger partial charge in [-0.15, -0.1) is 0 Å². The van der Waals surface area contributed by atoms with Gasteiger partial charge in [0.1, 0.15) is 11.5 Å². The fourth-order valence-electron chi connectivity index (χ4n) is 3.90. The maximum Gasteiger partial charge on any atom is 0.272 e. The van der Waals surface area contributed by atoms with Gasteiger partial charge in [-0.2, -0.15) is 5.10 Å². The second-order valence-corrected chi connectivity index (χ2v) is 7.36. The van der Waals surface area contributed by atoms with E-state index in [4.69, 9.17) is 0 Å². The first-order valence-corrected chi connectivity index (χ1v) is 9.14. The smallest absolute Gasteiger partial charge is 0.272 e. The molecule has 1 amide bonds. The summed E-state index contributed by atoms with van der Waals surface area (Å²) < 4.78 is 29.1. The minimum Gasteiger partial charge on any atom is -0.345 e. The molecular weight excluding hydrogens is 364 g/mol. The molecule has 6 nitrogen and oxygen atoms in total. The fourth-order valence-corrected chi connectivity index (χ4v) is 3.90. The van der Waals surface area contributed by atoms with Crippen molar-refractivity contribution in [3.05, 3.63) is 70.6 Å². The van der Waals surface area contributed by atoms with Crippen LogP contribution in [-0.4, -0.2) is 25.7 Å². The molecule has 2 aromatic heterocycles. The van der Waals surface area contributed by atoms with E-state index in [1.54, 1.807) is 12.4 Å². The molecule has 142 valence electrons. The molecule has 0 saturated heterocycles. The predicted octanol–water partition coefficient (Wildman–Crippen LogP) is 2.84. The molecule has 1 saturated carbocycles. The number of carbonyl (C=O) groups excluding carboxylic acids is 1. The molecule has 2 heterocycles. The first-order valence-electron chi connectivity index (χ1n) is 9.14. The van der Waals surface area contributed by atoms with E-state index in [1.165, 1.54) is 16.8 Å². The van der Waals surface area contributed by atoms with Gasteiger partial charge in [-0.25, -0.2) is 13.5 Å². The molecule has 28 heavy (non-hydrogen) atoms. The highest BCUT2D eigenvalue weighted by atomic mass is 19.1. The summed E-state index contributed by atoms with van der Waals surface area (Å²) in [6, 6.07) is 3.39. The summed E-state index contributed by atoms with van der Waals surface area (Å²) in [7, 11) is 0. The summed E-state index contributed by atoms with van der Waals surface area (Å²) in [6.07, 6.45) is 5.03. The average Bonchev–Trinajstić information content (AvgIpc) is 3.17. The van der Waals surface area contributed by atoms with Crippen molar-refractivity contribution in [2.45, 2.75) is 32.2 Å². The van der Waals surface area contributed by atoms with Crippen molar-refractivity contribution in [1.82, 2.24) is 25.1 Å².